The number of carbonyl (C=O) groups is 1. The minimum absolute atomic E-state index is 0.361. The van der Waals surface area contributed by atoms with Crippen LogP contribution in [0.1, 0.15) is 17.4 Å². The third-order valence-corrected chi connectivity index (χ3v) is 4.47. The number of carbonyl (C=O) groups excluding carboxylic acids is 1. The van der Waals surface area contributed by atoms with Gasteiger partial charge in [-0.25, -0.2) is 9.78 Å². The molecule has 0 aliphatic carbocycles. The van der Waals surface area contributed by atoms with Crippen molar-refractivity contribution in [2.24, 2.45) is 0 Å². The number of thiophene rings is 1. The summed E-state index contributed by atoms with van der Waals surface area (Å²) in [6, 6.07) is 1.98. The zero-order valence-electron chi connectivity index (χ0n) is 8.40. The fourth-order valence-corrected chi connectivity index (χ4v) is 3.41. The second-order valence-electron chi connectivity index (χ2n) is 2.89. The smallest absolute Gasteiger partial charge is 0.357 e. The van der Waals surface area contributed by atoms with Crippen molar-refractivity contribution in [2.75, 3.05) is 6.61 Å². The Kier molecular flexibility index (Phi) is 3.73. The van der Waals surface area contributed by atoms with Gasteiger partial charge in [-0.1, -0.05) is 0 Å². The van der Waals surface area contributed by atoms with Gasteiger partial charge in [0.05, 0.1) is 11.5 Å². The molecule has 0 spiro atoms. The van der Waals surface area contributed by atoms with Crippen molar-refractivity contribution < 1.29 is 9.53 Å². The number of ether oxygens (including phenoxy) is 1. The van der Waals surface area contributed by atoms with Gasteiger partial charge < -0.3 is 4.74 Å². The van der Waals surface area contributed by atoms with Crippen molar-refractivity contribution in [1.82, 2.24) is 4.98 Å². The number of hydrogen-bond acceptors (Lipinski definition) is 5. The summed E-state index contributed by atoms with van der Waals surface area (Å²) in [5, 5.41) is 4.56. The van der Waals surface area contributed by atoms with Gasteiger partial charge in [0, 0.05) is 15.2 Å². The van der Waals surface area contributed by atoms with Crippen LogP contribution in [0, 0.1) is 0 Å². The van der Waals surface area contributed by atoms with E-state index in [1.54, 1.807) is 23.6 Å². The average Bonchev–Trinajstić information content (AvgIpc) is 2.85. The summed E-state index contributed by atoms with van der Waals surface area (Å²) in [6.07, 6.45) is 0. The molecule has 0 bridgehead atoms. The molecule has 0 unspecified atom stereocenters. The average molecular weight is 318 g/mol. The van der Waals surface area contributed by atoms with Crippen LogP contribution in [0.15, 0.2) is 21.3 Å². The molecule has 16 heavy (non-hydrogen) atoms. The molecular weight excluding hydrogens is 310 g/mol. The number of aromatic nitrogens is 1. The van der Waals surface area contributed by atoms with Crippen molar-refractivity contribution in [2.45, 2.75) is 6.92 Å². The van der Waals surface area contributed by atoms with E-state index < -0.39 is 0 Å². The highest BCUT2D eigenvalue weighted by molar-refractivity contribution is 9.10. The highest BCUT2D eigenvalue weighted by Crippen LogP contribution is 2.32. The van der Waals surface area contributed by atoms with Crippen molar-refractivity contribution in [1.29, 1.82) is 0 Å². The van der Waals surface area contributed by atoms with E-state index in [2.05, 4.69) is 20.9 Å². The lowest BCUT2D eigenvalue weighted by molar-refractivity contribution is 0.0520. The molecule has 0 saturated carbocycles. The van der Waals surface area contributed by atoms with Crippen LogP contribution in [0.2, 0.25) is 0 Å². The highest BCUT2D eigenvalue weighted by Gasteiger charge is 2.13. The van der Waals surface area contributed by atoms with Gasteiger partial charge in [-0.15, -0.1) is 22.7 Å². The molecule has 0 fully saturated rings. The Balaban J connectivity index is 2.22. The van der Waals surface area contributed by atoms with Crippen LogP contribution >= 0.6 is 38.6 Å². The first-order valence-electron chi connectivity index (χ1n) is 4.57. The van der Waals surface area contributed by atoms with Gasteiger partial charge in [0.1, 0.15) is 5.01 Å². The van der Waals surface area contributed by atoms with Gasteiger partial charge in [-0.05, 0) is 28.9 Å². The lowest BCUT2D eigenvalue weighted by Gasteiger charge is -1.95. The highest BCUT2D eigenvalue weighted by atomic mass is 79.9. The van der Waals surface area contributed by atoms with E-state index in [0.29, 0.717) is 12.3 Å². The van der Waals surface area contributed by atoms with Crippen molar-refractivity contribution >= 4 is 44.6 Å². The molecule has 2 rings (SSSR count). The molecular formula is C10H8BrNO2S2. The van der Waals surface area contributed by atoms with Gasteiger partial charge in [-0.3, -0.25) is 0 Å². The van der Waals surface area contributed by atoms with Crippen LogP contribution in [0.3, 0.4) is 0 Å². The maximum Gasteiger partial charge on any atom is 0.357 e. The van der Waals surface area contributed by atoms with E-state index in [1.165, 1.54) is 11.3 Å². The molecule has 2 aromatic heterocycles. The molecule has 3 nitrogen and oxygen atoms in total. The molecule has 0 aliphatic heterocycles. The Morgan fingerprint density at radius 3 is 2.94 bits per heavy atom. The number of thiazole rings is 1. The first-order chi connectivity index (χ1) is 7.70. The third-order valence-electron chi connectivity index (χ3n) is 1.77. The van der Waals surface area contributed by atoms with Gasteiger partial charge in [0.15, 0.2) is 5.69 Å². The molecule has 0 radical (unpaired) electrons. The SMILES string of the molecule is CCOC(=O)c1csc(-c2cc(Br)cs2)n1. The molecule has 6 heteroatoms. The number of hydrogen-bond donors (Lipinski definition) is 0. The van der Waals surface area contributed by atoms with E-state index in [-0.39, 0.29) is 5.97 Å². The number of halogens is 1. The predicted octanol–water partition coefficient (Wildman–Crippen LogP) is 3.81. The molecule has 0 atom stereocenters. The quantitative estimate of drug-likeness (QED) is 0.808. The normalized spacial score (nSPS) is 10.4. The van der Waals surface area contributed by atoms with Gasteiger partial charge in [0.25, 0.3) is 0 Å². The standard InChI is InChI=1S/C10H8BrNO2S2/c1-2-14-10(13)7-5-16-9(12-7)8-3-6(11)4-15-8/h3-5H,2H2,1H3. The van der Waals surface area contributed by atoms with E-state index in [1.807, 2.05) is 11.4 Å². The summed E-state index contributed by atoms with van der Waals surface area (Å²) in [7, 11) is 0. The number of esters is 1. The molecule has 84 valence electrons. The minimum atomic E-state index is -0.361. The molecule has 2 aromatic rings. The monoisotopic (exact) mass is 317 g/mol. The largest absolute Gasteiger partial charge is 0.461 e. The van der Waals surface area contributed by atoms with Crippen molar-refractivity contribution in [3.05, 3.63) is 27.0 Å². The third kappa shape index (κ3) is 2.50. The molecule has 0 amide bonds. The molecule has 0 aromatic carbocycles. The van der Waals surface area contributed by atoms with E-state index in [4.69, 9.17) is 4.74 Å². The van der Waals surface area contributed by atoms with Crippen LogP contribution < -0.4 is 0 Å². The van der Waals surface area contributed by atoms with Gasteiger partial charge in [-0.2, -0.15) is 0 Å². The van der Waals surface area contributed by atoms with Crippen LogP contribution in [0.5, 0.6) is 0 Å². The first-order valence-corrected chi connectivity index (χ1v) is 7.13. The van der Waals surface area contributed by atoms with Gasteiger partial charge in [0.2, 0.25) is 0 Å². The summed E-state index contributed by atoms with van der Waals surface area (Å²) in [6.45, 7) is 2.15. The Labute approximate surface area is 109 Å². The lowest BCUT2D eigenvalue weighted by atomic mass is 10.4. The lowest BCUT2D eigenvalue weighted by Crippen LogP contribution is -2.04. The second-order valence-corrected chi connectivity index (χ2v) is 5.57. The number of nitrogens with zero attached hydrogens (tertiary/aromatic N) is 1. The summed E-state index contributed by atoms with van der Waals surface area (Å²) in [5.74, 6) is -0.361. The maximum atomic E-state index is 11.4. The van der Waals surface area contributed by atoms with Crippen LogP contribution in [0.25, 0.3) is 9.88 Å². The maximum absolute atomic E-state index is 11.4. The minimum Gasteiger partial charge on any atom is -0.461 e. The second kappa shape index (κ2) is 5.07. The fraction of sp³-hybridized carbons (Fsp3) is 0.200. The van der Waals surface area contributed by atoms with Crippen LogP contribution in [-0.2, 0) is 4.74 Å². The topological polar surface area (TPSA) is 39.2 Å². The Morgan fingerprint density at radius 1 is 1.50 bits per heavy atom. The van der Waals surface area contributed by atoms with Crippen LogP contribution in [-0.4, -0.2) is 17.6 Å². The van der Waals surface area contributed by atoms with Crippen molar-refractivity contribution in [3.63, 3.8) is 0 Å². The molecule has 0 saturated heterocycles. The van der Waals surface area contributed by atoms with Crippen molar-refractivity contribution in [3.8, 4) is 9.88 Å². The Bertz CT molecular complexity index is 506. The Morgan fingerprint density at radius 2 is 2.31 bits per heavy atom. The predicted molar refractivity (Wildman–Crippen MR) is 69.1 cm³/mol. The van der Waals surface area contributed by atoms with E-state index >= 15 is 0 Å². The summed E-state index contributed by atoms with van der Waals surface area (Å²) in [4.78, 5) is 16.7. The van der Waals surface area contributed by atoms with E-state index in [0.717, 1.165) is 14.4 Å². The fourth-order valence-electron chi connectivity index (χ4n) is 1.11. The molecule has 0 N–H and O–H groups in total. The van der Waals surface area contributed by atoms with E-state index in [9.17, 15) is 4.79 Å². The first kappa shape index (κ1) is 11.8. The summed E-state index contributed by atoms with van der Waals surface area (Å²) >= 11 is 6.42. The van der Waals surface area contributed by atoms with Crippen LogP contribution in [0.4, 0.5) is 0 Å². The zero-order valence-corrected chi connectivity index (χ0v) is 11.6. The molecule has 2 heterocycles. The zero-order chi connectivity index (χ0) is 11.5. The van der Waals surface area contributed by atoms with Gasteiger partial charge >= 0.3 is 5.97 Å². The number of rotatable bonds is 3. The Hall–Kier alpha value is -0.720. The molecule has 0 aliphatic rings. The summed E-state index contributed by atoms with van der Waals surface area (Å²) in [5.41, 5.74) is 0.381. The summed E-state index contributed by atoms with van der Waals surface area (Å²) < 4.78 is 5.91.